The molecule has 1 aromatic carbocycles. The molecule has 22 heavy (non-hydrogen) atoms. The first-order valence-electron chi connectivity index (χ1n) is 7.40. The van der Waals surface area contributed by atoms with E-state index in [2.05, 4.69) is 4.72 Å². The van der Waals surface area contributed by atoms with Gasteiger partial charge >= 0.3 is 0 Å². The number of sulfonamides is 2. The largest absolute Gasteiger partial charge is 0.270 e. The summed E-state index contributed by atoms with van der Waals surface area (Å²) in [5, 5.41) is 0. The van der Waals surface area contributed by atoms with Gasteiger partial charge in [0.15, 0.2) is 0 Å². The lowest BCUT2D eigenvalue weighted by Crippen LogP contribution is -2.32. The predicted molar refractivity (Wildman–Crippen MR) is 84.9 cm³/mol. The van der Waals surface area contributed by atoms with Crippen molar-refractivity contribution < 1.29 is 16.8 Å². The van der Waals surface area contributed by atoms with Crippen molar-refractivity contribution >= 4 is 25.7 Å². The maximum absolute atomic E-state index is 12.4. The van der Waals surface area contributed by atoms with Gasteiger partial charge in [0.2, 0.25) is 20.0 Å². The molecule has 6 nitrogen and oxygen atoms in total. The Hall–Kier alpha value is -1.12. The highest BCUT2D eigenvalue weighted by Crippen LogP contribution is 2.32. The molecule has 0 atom stereocenters. The molecule has 1 aliphatic heterocycles. The monoisotopic (exact) mass is 344 g/mol. The van der Waals surface area contributed by atoms with Crippen LogP contribution in [0.15, 0.2) is 23.1 Å². The highest BCUT2D eigenvalue weighted by Gasteiger charge is 2.29. The van der Waals surface area contributed by atoms with Crippen molar-refractivity contribution in [2.45, 2.75) is 43.0 Å². The van der Waals surface area contributed by atoms with E-state index in [4.69, 9.17) is 0 Å². The van der Waals surface area contributed by atoms with Crippen molar-refractivity contribution in [3.05, 3.63) is 23.8 Å². The zero-order valence-corrected chi connectivity index (χ0v) is 14.1. The van der Waals surface area contributed by atoms with E-state index in [9.17, 15) is 16.8 Å². The number of hydrogen-bond acceptors (Lipinski definition) is 4. The molecule has 1 aromatic rings. The highest BCUT2D eigenvalue weighted by atomic mass is 32.2. The molecule has 1 N–H and O–H groups in total. The molecule has 0 saturated heterocycles. The van der Waals surface area contributed by atoms with Crippen LogP contribution in [0.2, 0.25) is 0 Å². The second-order valence-corrected chi connectivity index (χ2v) is 9.60. The molecular weight excluding hydrogens is 324 g/mol. The Morgan fingerprint density at radius 2 is 1.82 bits per heavy atom. The lowest BCUT2D eigenvalue weighted by atomic mass is 10.2. The van der Waals surface area contributed by atoms with Gasteiger partial charge in [-0.05, 0) is 43.0 Å². The van der Waals surface area contributed by atoms with Gasteiger partial charge in [0.25, 0.3) is 0 Å². The summed E-state index contributed by atoms with van der Waals surface area (Å²) in [6.07, 6.45) is 5.57. The van der Waals surface area contributed by atoms with Crippen molar-refractivity contribution in [1.29, 1.82) is 0 Å². The molecule has 1 aliphatic carbocycles. The second-order valence-electron chi connectivity index (χ2n) is 5.98. The van der Waals surface area contributed by atoms with Gasteiger partial charge in [0.05, 0.1) is 16.8 Å². The Bertz CT molecular complexity index is 781. The molecule has 1 saturated carbocycles. The summed E-state index contributed by atoms with van der Waals surface area (Å²) in [6.45, 7) is 0.369. The molecule has 0 spiro atoms. The zero-order chi connectivity index (χ0) is 16.0. The Balaban J connectivity index is 1.88. The van der Waals surface area contributed by atoms with Crippen LogP contribution in [0.1, 0.15) is 31.2 Å². The first kappa shape index (κ1) is 15.8. The number of rotatable bonds is 4. The molecule has 3 rings (SSSR count). The van der Waals surface area contributed by atoms with Gasteiger partial charge in [0, 0.05) is 12.6 Å². The van der Waals surface area contributed by atoms with Gasteiger partial charge in [-0.15, -0.1) is 0 Å². The van der Waals surface area contributed by atoms with E-state index >= 15 is 0 Å². The maximum Gasteiger partial charge on any atom is 0.240 e. The molecule has 2 aliphatic rings. The van der Waals surface area contributed by atoms with E-state index in [-0.39, 0.29) is 10.9 Å². The van der Waals surface area contributed by atoms with Crippen molar-refractivity contribution in [1.82, 2.24) is 4.72 Å². The van der Waals surface area contributed by atoms with Gasteiger partial charge < -0.3 is 0 Å². The Kier molecular flexibility index (Phi) is 3.94. The highest BCUT2D eigenvalue weighted by molar-refractivity contribution is 7.92. The second kappa shape index (κ2) is 5.50. The Labute approximate surface area is 131 Å². The fraction of sp³-hybridized carbons (Fsp3) is 0.571. The topological polar surface area (TPSA) is 83.6 Å². The zero-order valence-electron chi connectivity index (χ0n) is 12.4. The molecule has 0 aromatic heterocycles. The quantitative estimate of drug-likeness (QED) is 0.890. The maximum atomic E-state index is 12.4. The van der Waals surface area contributed by atoms with Crippen molar-refractivity contribution in [2.75, 3.05) is 17.1 Å². The predicted octanol–water partition coefficient (Wildman–Crippen LogP) is 1.23. The first-order chi connectivity index (χ1) is 10.3. The summed E-state index contributed by atoms with van der Waals surface area (Å²) < 4.78 is 52.3. The normalized spacial score (nSPS) is 19.6. The molecule has 0 amide bonds. The summed E-state index contributed by atoms with van der Waals surface area (Å²) in [6, 6.07) is 4.69. The van der Waals surface area contributed by atoms with Crippen molar-refractivity contribution in [3.8, 4) is 0 Å². The molecule has 0 unspecified atom stereocenters. The van der Waals surface area contributed by atoms with E-state index in [1.165, 1.54) is 10.4 Å². The SMILES string of the molecule is CS(=O)(=O)N1CCc2cc(S(=O)(=O)NC3CCCC3)ccc21. The number of benzene rings is 1. The lowest BCUT2D eigenvalue weighted by molar-refractivity contribution is 0.552. The van der Waals surface area contributed by atoms with Crippen molar-refractivity contribution in [2.24, 2.45) is 0 Å². The summed E-state index contributed by atoms with van der Waals surface area (Å²) in [4.78, 5) is 0.216. The van der Waals surface area contributed by atoms with Crippen LogP contribution < -0.4 is 9.03 Å². The molecular formula is C14H20N2O4S2. The number of fused-ring (bicyclic) bond motifs is 1. The summed E-state index contributed by atoms with van der Waals surface area (Å²) >= 11 is 0. The minimum atomic E-state index is -3.54. The van der Waals surface area contributed by atoms with Gasteiger partial charge in [-0.1, -0.05) is 12.8 Å². The van der Waals surface area contributed by atoms with Crippen molar-refractivity contribution in [3.63, 3.8) is 0 Å². The number of nitrogens with zero attached hydrogens (tertiary/aromatic N) is 1. The molecule has 0 radical (unpaired) electrons. The third-order valence-electron chi connectivity index (χ3n) is 4.29. The molecule has 8 heteroatoms. The standard InChI is InChI=1S/C14H20N2O4S2/c1-21(17,18)16-9-8-11-10-13(6-7-14(11)16)22(19,20)15-12-4-2-3-5-12/h6-7,10,12,15H,2-5,8-9H2,1H3. The van der Waals surface area contributed by atoms with Gasteiger partial charge in [-0.3, -0.25) is 4.31 Å². The third-order valence-corrected chi connectivity index (χ3v) is 6.99. The van der Waals surface area contributed by atoms with Gasteiger partial charge in [-0.25, -0.2) is 21.6 Å². The number of hydrogen-bond donors (Lipinski definition) is 1. The average molecular weight is 344 g/mol. The fourth-order valence-corrected chi connectivity index (χ4v) is 5.50. The minimum Gasteiger partial charge on any atom is -0.270 e. The minimum absolute atomic E-state index is 0.0192. The van der Waals surface area contributed by atoms with Crippen LogP contribution in [0.4, 0.5) is 5.69 Å². The first-order valence-corrected chi connectivity index (χ1v) is 10.7. The molecule has 1 fully saturated rings. The summed E-state index contributed by atoms with van der Waals surface area (Å²) in [7, 11) is -6.85. The van der Waals surface area contributed by atoms with Gasteiger partial charge in [0.1, 0.15) is 0 Å². The smallest absolute Gasteiger partial charge is 0.240 e. The Morgan fingerprint density at radius 1 is 1.14 bits per heavy atom. The fourth-order valence-electron chi connectivity index (χ4n) is 3.19. The van der Waals surface area contributed by atoms with Crippen LogP contribution in [0, 0.1) is 0 Å². The van der Waals surface area contributed by atoms with E-state index in [1.807, 2.05) is 0 Å². The number of anilines is 1. The number of nitrogens with one attached hydrogen (secondary N) is 1. The van der Waals surface area contributed by atoms with Crippen LogP contribution in [0.25, 0.3) is 0 Å². The van der Waals surface area contributed by atoms with Crippen LogP contribution in [0.3, 0.4) is 0 Å². The van der Waals surface area contributed by atoms with Gasteiger partial charge in [-0.2, -0.15) is 0 Å². The van der Waals surface area contributed by atoms with E-state index in [0.29, 0.717) is 18.7 Å². The van der Waals surface area contributed by atoms with Crippen LogP contribution >= 0.6 is 0 Å². The molecule has 1 heterocycles. The average Bonchev–Trinajstić information content (AvgIpc) is 3.04. The third kappa shape index (κ3) is 3.00. The van der Waals surface area contributed by atoms with E-state index in [0.717, 1.165) is 37.5 Å². The lowest BCUT2D eigenvalue weighted by Gasteiger charge is -2.17. The van der Waals surface area contributed by atoms with Crippen LogP contribution in [-0.4, -0.2) is 35.7 Å². The molecule has 122 valence electrons. The van der Waals surface area contributed by atoms with E-state index in [1.54, 1.807) is 12.1 Å². The summed E-state index contributed by atoms with van der Waals surface area (Å²) in [5.74, 6) is 0. The van der Waals surface area contributed by atoms with Crippen LogP contribution in [0.5, 0.6) is 0 Å². The van der Waals surface area contributed by atoms with E-state index < -0.39 is 20.0 Å². The van der Waals surface area contributed by atoms with Crippen LogP contribution in [-0.2, 0) is 26.5 Å². The summed E-state index contributed by atoms with van der Waals surface area (Å²) in [5.41, 5.74) is 1.35. The molecule has 0 bridgehead atoms. The Morgan fingerprint density at radius 3 is 2.45 bits per heavy atom.